The molecule has 1 aliphatic rings. The van der Waals surface area contributed by atoms with Crippen molar-refractivity contribution >= 4 is 11.7 Å². The van der Waals surface area contributed by atoms with E-state index in [1.54, 1.807) is 0 Å². The summed E-state index contributed by atoms with van der Waals surface area (Å²) < 4.78 is 5.36. The number of hydrogen-bond acceptors (Lipinski definition) is 7. The number of nitrogens with one attached hydrogen (secondary N) is 2. The fourth-order valence-corrected chi connectivity index (χ4v) is 1.73. The smallest absolute Gasteiger partial charge is 0.334 e. The molecule has 2 rings (SSSR count). The number of rotatable bonds is 4. The number of aromatic nitrogens is 2. The normalized spacial score (nSPS) is 23.4. The maximum atomic E-state index is 11.9. The van der Waals surface area contributed by atoms with E-state index in [-0.39, 0.29) is 23.2 Å². The van der Waals surface area contributed by atoms with Crippen LogP contribution in [0.1, 0.15) is 23.8 Å². The first-order valence-corrected chi connectivity index (χ1v) is 5.47. The molecule has 0 bridgehead atoms. The van der Waals surface area contributed by atoms with Crippen LogP contribution in [0.5, 0.6) is 0 Å². The van der Waals surface area contributed by atoms with Crippen LogP contribution in [-0.4, -0.2) is 51.0 Å². The Morgan fingerprint density at radius 2 is 2.28 bits per heavy atom. The molecule has 1 aromatic rings. The first kappa shape index (κ1) is 12.8. The van der Waals surface area contributed by atoms with Crippen LogP contribution in [0.2, 0.25) is 0 Å². The molecule has 9 heteroatoms. The molecule has 0 radical (unpaired) electrons. The van der Waals surface area contributed by atoms with Gasteiger partial charge in [0.05, 0.1) is 12.9 Å². The third-order valence-corrected chi connectivity index (χ3v) is 2.63. The van der Waals surface area contributed by atoms with Crippen LogP contribution in [0, 0.1) is 0 Å². The number of hydrogen-bond donors (Lipinski definition) is 4. The largest absolute Gasteiger partial charge is 0.339 e. The molecular weight excluding hydrogens is 242 g/mol. The SMILES string of the molecule is CCCOC1(NC)N(O)C(=O)c2[nH]cnc2N1O. The van der Waals surface area contributed by atoms with Gasteiger partial charge in [0, 0.05) is 0 Å². The molecule has 2 heterocycles. The molecule has 100 valence electrons. The van der Waals surface area contributed by atoms with Gasteiger partial charge in [-0.25, -0.2) is 4.98 Å². The van der Waals surface area contributed by atoms with E-state index in [1.165, 1.54) is 13.4 Å². The minimum absolute atomic E-state index is 0.0178. The van der Waals surface area contributed by atoms with Crippen molar-refractivity contribution in [2.45, 2.75) is 19.3 Å². The van der Waals surface area contributed by atoms with E-state index in [9.17, 15) is 15.2 Å². The van der Waals surface area contributed by atoms with Gasteiger partial charge in [0.25, 0.3) is 0 Å². The van der Waals surface area contributed by atoms with Gasteiger partial charge in [0.2, 0.25) is 0 Å². The number of aromatic amines is 1. The summed E-state index contributed by atoms with van der Waals surface area (Å²) in [6.45, 7) is 2.08. The molecule has 1 unspecified atom stereocenters. The van der Waals surface area contributed by atoms with Gasteiger partial charge in [-0.2, -0.15) is 5.06 Å². The number of carbonyl (C=O) groups excluding carboxylic acids is 1. The molecule has 0 spiro atoms. The number of amides is 1. The molecule has 0 aromatic carbocycles. The Kier molecular flexibility index (Phi) is 3.22. The van der Waals surface area contributed by atoms with Crippen molar-refractivity contribution in [3.63, 3.8) is 0 Å². The number of anilines is 1. The third kappa shape index (κ3) is 1.56. The van der Waals surface area contributed by atoms with Gasteiger partial charge in [0.15, 0.2) is 11.5 Å². The van der Waals surface area contributed by atoms with E-state index in [2.05, 4.69) is 15.3 Å². The number of fused-ring (bicyclic) bond motifs is 1. The van der Waals surface area contributed by atoms with Crippen LogP contribution in [-0.2, 0) is 4.74 Å². The topological polar surface area (TPSA) is 114 Å². The Balaban J connectivity index is 2.45. The lowest BCUT2D eigenvalue weighted by atomic mass is 10.3. The van der Waals surface area contributed by atoms with Gasteiger partial charge in [-0.15, -0.1) is 5.06 Å². The van der Waals surface area contributed by atoms with Crippen molar-refractivity contribution in [1.29, 1.82) is 0 Å². The van der Waals surface area contributed by atoms with Crippen LogP contribution in [0.15, 0.2) is 6.33 Å². The number of hydroxylamine groups is 3. The minimum atomic E-state index is -1.88. The molecule has 0 saturated carbocycles. The Bertz CT molecular complexity index is 450. The first-order chi connectivity index (χ1) is 8.58. The fourth-order valence-electron chi connectivity index (χ4n) is 1.73. The number of carbonyl (C=O) groups is 1. The summed E-state index contributed by atoms with van der Waals surface area (Å²) >= 11 is 0. The zero-order chi connectivity index (χ0) is 13.3. The second-order valence-corrected chi connectivity index (χ2v) is 3.74. The second-order valence-electron chi connectivity index (χ2n) is 3.74. The van der Waals surface area contributed by atoms with Crippen molar-refractivity contribution in [2.75, 3.05) is 18.7 Å². The van der Waals surface area contributed by atoms with Crippen molar-refractivity contribution in [3.05, 3.63) is 12.0 Å². The summed E-state index contributed by atoms with van der Waals surface area (Å²) in [5.74, 6) is -2.65. The molecule has 1 aromatic heterocycles. The molecule has 9 nitrogen and oxygen atoms in total. The van der Waals surface area contributed by atoms with Gasteiger partial charge in [0.1, 0.15) is 0 Å². The molecule has 1 amide bonds. The zero-order valence-corrected chi connectivity index (χ0v) is 10.0. The lowest BCUT2D eigenvalue weighted by Gasteiger charge is -2.45. The monoisotopic (exact) mass is 257 g/mol. The van der Waals surface area contributed by atoms with Gasteiger partial charge >= 0.3 is 11.9 Å². The maximum absolute atomic E-state index is 11.9. The van der Waals surface area contributed by atoms with E-state index >= 15 is 0 Å². The summed E-state index contributed by atoms with van der Waals surface area (Å²) in [6.07, 6.45) is 1.89. The summed E-state index contributed by atoms with van der Waals surface area (Å²) in [4.78, 5) is 18.3. The van der Waals surface area contributed by atoms with E-state index in [4.69, 9.17) is 4.74 Å². The lowest BCUT2D eigenvalue weighted by molar-refractivity contribution is -0.288. The van der Waals surface area contributed by atoms with Crippen molar-refractivity contribution in [3.8, 4) is 0 Å². The van der Waals surface area contributed by atoms with Gasteiger partial charge in [-0.1, -0.05) is 6.92 Å². The summed E-state index contributed by atoms with van der Waals surface area (Å²) in [7, 11) is 1.44. The Morgan fingerprint density at radius 1 is 1.56 bits per heavy atom. The second kappa shape index (κ2) is 4.53. The number of H-pyrrole nitrogens is 1. The first-order valence-electron chi connectivity index (χ1n) is 5.47. The van der Waals surface area contributed by atoms with Gasteiger partial charge < -0.3 is 9.72 Å². The average Bonchev–Trinajstić information content (AvgIpc) is 2.86. The molecule has 18 heavy (non-hydrogen) atoms. The Morgan fingerprint density at radius 3 is 2.89 bits per heavy atom. The lowest BCUT2D eigenvalue weighted by Crippen LogP contribution is -2.72. The number of imidazole rings is 1. The third-order valence-electron chi connectivity index (χ3n) is 2.63. The highest BCUT2D eigenvalue weighted by Crippen LogP contribution is 2.31. The highest BCUT2D eigenvalue weighted by Gasteiger charge is 2.52. The highest BCUT2D eigenvalue weighted by molar-refractivity contribution is 5.98. The summed E-state index contributed by atoms with van der Waals surface area (Å²) in [5, 5.41) is 23.4. The van der Waals surface area contributed by atoms with E-state index in [1.807, 2.05) is 6.92 Å². The highest BCUT2D eigenvalue weighted by atomic mass is 16.7. The maximum Gasteiger partial charge on any atom is 0.334 e. The number of ether oxygens (including phenoxy) is 1. The number of nitrogens with zero attached hydrogens (tertiary/aromatic N) is 3. The van der Waals surface area contributed by atoms with Crippen LogP contribution < -0.4 is 10.4 Å². The Hall–Kier alpha value is -1.68. The zero-order valence-electron chi connectivity index (χ0n) is 10.0. The molecule has 4 N–H and O–H groups in total. The van der Waals surface area contributed by atoms with Crippen LogP contribution in [0.25, 0.3) is 0 Å². The summed E-state index contributed by atoms with van der Waals surface area (Å²) in [5.41, 5.74) is -0.0222. The standard InChI is InChI=1S/C9H15N5O4/c1-3-4-18-9(10-2)13(16)7-6(11-5-12-7)8(15)14(9)17/h5,10,16-17H,3-4H2,1-2H3,(H,11,12). The molecule has 1 atom stereocenters. The van der Waals surface area contributed by atoms with E-state index in [0.717, 1.165) is 0 Å². The van der Waals surface area contributed by atoms with Crippen molar-refractivity contribution < 1.29 is 19.9 Å². The van der Waals surface area contributed by atoms with Crippen molar-refractivity contribution in [1.82, 2.24) is 20.3 Å². The minimum Gasteiger partial charge on any atom is -0.339 e. The van der Waals surface area contributed by atoms with Crippen molar-refractivity contribution in [2.24, 2.45) is 0 Å². The molecule has 0 fully saturated rings. The molecular formula is C9H15N5O4. The van der Waals surface area contributed by atoms with Crippen LogP contribution in [0.4, 0.5) is 5.82 Å². The van der Waals surface area contributed by atoms with Gasteiger partial charge in [-0.05, 0) is 13.5 Å². The molecule has 0 aliphatic carbocycles. The molecule has 0 saturated heterocycles. The predicted octanol–water partition coefficient (Wildman–Crippen LogP) is -0.292. The van der Waals surface area contributed by atoms with Crippen LogP contribution >= 0.6 is 0 Å². The summed E-state index contributed by atoms with van der Waals surface area (Å²) in [6, 6.07) is 0. The fraction of sp³-hybridized carbons (Fsp3) is 0.556. The predicted molar refractivity (Wildman–Crippen MR) is 58.8 cm³/mol. The van der Waals surface area contributed by atoms with Crippen LogP contribution in [0.3, 0.4) is 0 Å². The molecule has 1 aliphatic heterocycles. The van der Waals surface area contributed by atoms with E-state index in [0.29, 0.717) is 11.5 Å². The van der Waals surface area contributed by atoms with Gasteiger partial charge in [-0.3, -0.25) is 20.5 Å². The van der Waals surface area contributed by atoms with E-state index < -0.39 is 11.9 Å². The quantitative estimate of drug-likeness (QED) is 0.433. The Labute approximate surface area is 103 Å². The average molecular weight is 257 g/mol.